The maximum atomic E-state index is 12.1. The van der Waals surface area contributed by atoms with Gasteiger partial charge in [-0.3, -0.25) is 15.0 Å². The molecule has 0 aliphatic carbocycles. The topological polar surface area (TPSA) is 70.2 Å². The minimum absolute atomic E-state index is 0.0505. The van der Waals surface area contributed by atoms with Crippen molar-refractivity contribution in [3.8, 4) is 0 Å². The first kappa shape index (κ1) is 15.9. The fraction of sp³-hybridized carbons (Fsp3) is 0.667. The standard InChI is InChI=1S/C15H25N5O/c1-2-10-20(11-13-6-3-4-7-16-13)12-14(21)19-15-17-8-5-9-18-15/h5,8-9,13,16H,2-4,6-7,10-12H2,1H3,(H,17,18,19,21). The van der Waals surface area contributed by atoms with Crippen molar-refractivity contribution in [3.05, 3.63) is 18.5 Å². The lowest BCUT2D eigenvalue weighted by atomic mass is 10.0. The van der Waals surface area contributed by atoms with Gasteiger partial charge in [0.25, 0.3) is 0 Å². The summed E-state index contributed by atoms with van der Waals surface area (Å²) in [5.41, 5.74) is 0. The predicted molar refractivity (Wildman–Crippen MR) is 83.0 cm³/mol. The van der Waals surface area contributed by atoms with Crippen LogP contribution >= 0.6 is 0 Å². The number of rotatable bonds is 7. The van der Waals surface area contributed by atoms with Crippen LogP contribution in [0.15, 0.2) is 18.5 Å². The summed E-state index contributed by atoms with van der Waals surface area (Å²) in [4.78, 5) is 22.3. The fourth-order valence-corrected chi connectivity index (χ4v) is 2.67. The highest BCUT2D eigenvalue weighted by atomic mass is 16.2. The maximum absolute atomic E-state index is 12.1. The smallest absolute Gasteiger partial charge is 0.240 e. The summed E-state index contributed by atoms with van der Waals surface area (Å²) >= 11 is 0. The normalized spacial score (nSPS) is 18.7. The zero-order valence-electron chi connectivity index (χ0n) is 12.7. The number of amides is 1. The lowest BCUT2D eigenvalue weighted by molar-refractivity contribution is -0.117. The molecule has 116 valence electrons. The lowest BCUT2D eigenvalue weighted by Gasteiger charge is -2.30. The zero-order valence-corrected chi connectivity index (χ0v) is 12.7. The van der Waals surface area contributed by atoms with E-state index >= 15 is 0 Å². The molecule has 0 saturated carbocycles. The van der Waals surface area contributed by atoms with Crippen molar-refractivity contribution in [3.63, 3.8) is 0 Å². The van der Waals surface area contributed by atoms with Crippen LogP contribution in [0.2, 0.25) is 0 Å². The number of nitrogens with one attached hydrogen (secondary N) is 2. The Kier molecular flexibility index (Phi) is 6.56. The first-order chi connectivity index (χ1) is 10.3. The van der Waals surface area contributed by atoms with E-state index in [1.165, 1.54) is 19.3 Å². The molecule has 2 rings (SSSR count). The average Bonchev–Trinajstić information content (AvgIpc) is 2.49. The Bertz CT molecular complexity index is 419. The summed E-state index contributed by atoms with van der Waals surface area (Å²) in [5, 5.41) is 6.28. The van der Waals surface area contributed by atoms with Crippen molar-refractivity contribution in [1.82, 2.24) is 20.2 Å². The summed E-state index contributed by atoms with van der Waals surface area (Å²) in [5.74, 6) is 0.320. The maximum Gasteiger partial charge on any atom is 0.240 e. The second-order valence-electron chi connectivity index (χ2n) is 5.50. The van der Waals surface area contributed by atoms with Gasteiger partial charge < -0.3 is 5.32 Å². The molecule has 6 heteroatoms. The largest absolute Gasteiger partial charge is 0.313 e. The van der Waals surface area contributed by atoms with E-state index in [0.29, 0.717) is 18.5 Å². The number of carbonyl (C=O) groups excluding carboxylic acids is 1. The molecule has 1 amide bonds. The molecule has 1 aromatic rings. The van der Waals surface area contributed by atoms with Crippen LogP contribution in [0.5, 0.6) is 0 Å². The summed E-state index contributed by atoms with van der Waals surface area (Å²) in [6.07, 6.45) is 8.03. The van der Waals surface area contributed by atoms with Gasteiger partial charge in [-0.2, -0.15) is 0 Å². The second kappa shape index (κ2) is 8.69. The van der Waals surface area contributed by atoms with Crippen molar-refractivity contribution in [2.45, 2.75) is 38.6 Å². The van der Waals surface area contributed by atoms with Crippen molar-refractivity contribution in [1.29, 1.82) is 0 Å². The molecule has 1 atom stereocenters. The Morgan fingerprint density at radius 3 is 2.90 bits per heavy atom. The molecule has 1 aromatic heterocycles. The van der Waals surface area contributed by atoms with Crippen molar-refractivity contribution < 1.29 is 4.79 Å². The molecular formula is C15H25N5O. The van der Waals surface area contributed by atoms with Crippen LogP contribution < -0.4 is 10.6 Å². The number of anilines is 1. The van der Waals surface area contributed by atoms with Crippen LogP contribution in [0.4, 0.5) is 5.95 Å². The lowest BCUT2D eigenvalue weighted by Crippen LogP contribution is -2.46. The number of nitrogens with zero attached hydrogens (tertiary/aromatic N) is 3. The third-order valence-corrected chi connectivity index (χ3v) is 3.62. The number of hydrogen-bond acceptors (Lipinski definition) is 5. The van der Waals surface area contributed by atoms with Gasteiger partial charge in [0.15, 0.2) is 0 Å². The highest BCUT2D eigenvalue weighted by Gasteiger charge is 2.18. The van der Waals surface area contributed by atoms with Gasteiger partial charge in [0.05, 0.1) is 6.54 Å². The van der Waals surface area contributed by atoms with Crippen LogP contribution in [-0.2, 0) is 4.79 Å². The van der Waals surface area contributed by atoms with E-state index in [2.05, 4.69) is 32.4 Å². The predicted octanol–water partition coefficient (Wildman–Crippen LogP) is 1.27. The number of aromatic nitrogens is 2. The van der Waals surface area contributed by atoms with Crippen LogP contribution in [-0.4, -0.2) is 53.0 Å². The van der Waals surface area contributed by atoms with E-state index < -0.39 is 0 Å². The molecule has 0 spiro atoms. The third kappa shape index (κ3) is 5.77. The Morgan fingerprint density at radius 2 is 2.24 bits per heavy atom. The van der Waals surface area contributed by atoms with Gasteiger partial charge in [-0.05, 0) is 38.4 Å². The van der Waals surface area contributed by atoms with Crippen LogP contribution in [0.25, 0.3) is 0 Å². The van der Waals surface area contributed by atoms with Crippen LogP contribution in [0.1, 0.15) is 32.6 Å². The van der Waals surface area contributed by atoms with E-state index in [0.717, 1.165) is 26.1 Å². The monoisotopic (exact) mass is 291 g/mol. The second-order valence-corrected chi connectivity index (χ2v) is 5.50. The number of carbonyl (C=O) groups is 1. The molecule has 0 aromatic carbocycles. The Labute approximate surface area is 126 Å². The summed E-state index contributed by atoms with van der Waals surface area (Å²) in [6, 6.07) is 2.24. The molecule has 1 unspecified atom stereocenters. The van der Waals surface area contributed by atoms with Gasteiger partial charge in [0.1, 0.15) is 0 Å². The van der Waals surface area contributed by atoms with Gasteiger partial charge in [-0.1, -0.05) is 13.3 Å². The third-order valence-electron chi connectivity index (χ3n) is 3.62. The number of piperidine rings is 1. The molecule has 1 fully saturated rings. The highest BCUT2D eigenvalue weighted by molar-refractivity contribution is 5.90. The van der Waals surface area contributed by atoms with Gasteiger partial charge in [0.2, 0.25) is 11.9 Å². The highest BCUT2D eigenvalue weighted by Crippen LogP contribution is 2.09. The quantitative estimate of drug-likeness (QED) is 0.791. The Morgan fingerprint density at radius 1 is 1.43 bits per heavy atom. The first-order valence-corrected chi connectivity index (χ1v) is 7.80. The minimum Gasteiger partial charge on any atom is -0.313 e. The van der Waals surface area contributed by atoms with Crippen LogP contribution in [0.3, 0.4) is 0 Å². The molecule has 1 aliphatic rings. The number of hydrogen-bond donors (Lipinski definition) is 2. The molecular weight excluding hydrogens is 266 g/mol. The average molecular weight is 291 g/mol. The van der Waals surface area contributed by atoms with Gasteiger partial charge in [-0.15, -0.1) is 0 Å². The Balaban J connectivity index is 1.81. The summed E-state index contributed by atoms with van der Waals surface area (Å²) in [6.45, 7) is 5.48. The van der Waals surface area contributed by atoms with Gasteiger partial charge >= 0.3 is 0 Å². The zero-order chi connectivity index (χ0) is 14.9. The van der Waals surface area contributed by atoms with E-state index in [-0.39, 0.29) is 5.91 Å². The molecule has 1 aliphatic heterocycles. The molecule has 2 heterocycles. The van der Waals surface area contributed by atoms with Crippen molar-refractivity contribution in [2.75, 3.05) is 31.5 Å². The SMILES string of the molecule is CCCN(CC(=O)Nc1ncccn1)CC1CCCCN1. The van der Waals surface area contributed by atoms with Gasteiger partial charge in [0, 0.05) is 25.0 Å². The van der Waals surface area contributed by atoms with Crippen LogP contribution in [0, 0.1) is 0 Å². The van der Waals surface area contributed by atoms with Crippen molar-refractivity contribution >= 4 is 11.9 Å². The summed E-state index contributed by atoms with van der Waals surface area (Å²) in [7, 11) is 0. The van der Waals surface area contributed by atoms with E-state index in [9.17, 15) is 4.79 Å². The molecule has 0 bridgehead atoms. The van der Waals surface area contributed by atoms with E-state index in [1.807, 2.05) is 0 Å². The molecule has 6 nitrogen and oxygen atoms in total. The molecule has 21 heavy (non-hydrogen) atoms. The Hall–Kier alpha value is -1.53. The summed E-state index contributed by atoms with van der Waals surface area (Å²) < 4.78 is 0. The first-order valence-electron chi connectivity index (χ1n) is 7.80. The molecule has 1 saturated heterocycles. The molecule has 2 N–H and O–H groups in total. The fourth-order valence-electron chi connectivity index (χ4n) is 2.67. The minimum atomic E-state index is -0.0505. The molecule has 0 radical (unpaired) electrons. The van der Waals surface area contributed by atoms with E-state index in [1.54, 1.807) is 18.5 Å². The van der Waals surface area contributed by atoms with E-state index in [4.69, 9.17) is 0 Å². The van der Waals surface area contributed by atoms with Gasteiger partial charge in [-0.25, -0.2) is 9.97 Å². The van der Waals surface area contributed by atoms with Crippen molar-refractivity contribution in [2.24, 2.45) is 0 Å².